The second-order valence-electron chi connectivity index (χ2n) is 7.26. The zero-order chi connectivity index (χ0) is 20.6. The van der Waals surface area contributed by atoms with Crippen LogP contribution in [0, 0.1) is 10.1 Å². The Morgan fingerprint density at radius 1 is 1.00 bits per heavy atom. The predicted molar refractivity (Wildman–Crippen MR) is 112 cm³/mol. The molecular weight excluding hydrogens is 388 g/mol. The molecule has 1 amide bonds. The summed E-state index contributed by atoms with van der Waals surface area (Å²) in [5, 5.41) is 11.5. The number of benzene rings is 3. The lowest BCUT2D eigenvalue weighted by Crippen LogP contribution is -2.43. The minimum atomic E-state index is -0.612. The molecule has 4 rings (SSSR count). The highest BCUT2D eigenvalue weighted by Gasteiger charge is 2.46. The number of rotatable bonds is 5. The van der Waals surface area contributed by atoms with Gasteiger partial charge in [-0.05, 0) is 48.2 Å². The number of halogens is 1. The lowest BCUT2D eigenvalue weighted by molar-refractivity contribution is -0.384. The van der Waals surface area contributed by atoms with E-state index >= 15 is 0 Å². The smallest absolute Gasteiger partial charge is 0.269 e. The normalized spacial score (nSPS) is 18.0. The number of carbonyl (C=O) groups excluding carboxylic acids is 1. The summed E-state index contributed by atoms with van der Waals surface area (Å²) < 4.78 is 0. The monoisotopic (exact) mass is 406 g/mol. The van der Waals surface area contributed by atoms with Gasteiger partial charge in [-0.2, -0.15) is 0 Å². The molecule has 0 N–H and O–H groups in total. The molecule has 1 aliphatic heterocycles. The van der Waals surface area contributed by atoms with Crippen LogP contribution in [-0.2, 0) is 12.0 Å². The van der Waals surface area contributed by atoms with E-state index in [0.29, 0.717) is 23.6 Å². The van der Waals surface area contributed by atoms with Gasteiger partial charge in [-0.1, -0.05) is 54.1 Å². The van der Waals surface area contributed by atoms with Gasteiger partial charge in [0.1, 0.15) is 0 Å². The van der Waals surface area contributed by atoms with E-state index in [9.17, 15) is 14.9 Å². The molecule has 146 valence electrons. The van der Waals surface area contributed by atoms with Crippen molar-refractivity contribution < 1.29 is 9.72 Å². The number of carbonyl (C=O) groups is 1. The molecule has 1 atom stereocenters. The summed E-state index contributed by atoms with van der Waals surface area (Å²) in [5.41, 5.74) is 3.05. The minimum Gasteiger partial charge on any atom is -0.325 e. The van der Waals surface area contributed by atoms with Crippen molar-refractivity contribution in [1.29, 1.82) is 0 Å². The maximum atomic E-state index is 13.2. The van der Waals surface area contributed by atoms with Gasteiger partial charge < -0.3 is 4.90 Å². The predicted octanol–water partition coefficient (Wildman–Crippen LogP) is 5.21. The highest BCUT2D eigenvalue weighted by Crippen LogP contribution is 2.44. The number of nitro benzene ring substituents is 1. The first-order valence-electron chi connectivity index (χ1n) is 9.32. The van der Waals surface area contributed by atoms with Gasteiger partial charge in [-0.25, -0.2) is 0 Å². The number of fused-ring (bicyclic) bond motifs is 1. The SMILES string of the molecule is CC1(c2ccc(Cl)cc2)c2ccccc2C(=O)N1CCc1ccc([N+](=O)[O-])cc1. The fourth-order valence-corrected chi connectivity index (χ4v) is 4.15. The topological polar surface area (TPSA) is 63.5 Å². The van der Waals surface area contributed by atoms with Crippen LogP contribution in [0.15, 0.2) is 72.8 Å². The quantitative estimate of drug-likeness (QED) is 0.431. The second kappa shape index (κ2) is 7.33. The summed E-state index contributed by atoms with van der Waals surface area (Å²) in [6.07, 6.45) is 0.598. The summed E-state index contributed by atoms with van der Waals surface area (Å²) in [6, 6.07) is 21.7. The Balaban J connectivity index is 1.68. The van der Waals surface area contributed by atoms with Crippen LogP contribution in [0.5, 0.6) is 0 Å². The molecule has 0 fully saturated rings. The van der Waals surface area contributed by atoms with E-state index in [1.54, 1.807) is 12.1 Å². The van der Waals surface area contributed by atoms with Crippen molar-refractivity contribution in [2.75, 3.05) is 6.54 Å². The molecule has 5 nitrogen and oxygen atoms in total. The fraction of sp³-hybridized carbons (Fsp3) is 0.174. The van der Waals surface area contributed by atoms with Crippen molar-refractivity contribution in [1.82, 2.24) is 4.90 Å². The van der Waals surface area contributed by atoms with E-state index in [1.165, 1.54) is 12.1 Å². The van der Waals surface area contributed by atoms with Crippen molar-refractivity contribution >= 4 is 23.2 Å². The highest BCUT2D eigenvalue weighted by molar-refractivity contribution is 6.30. The van der Waals surface area contributed by atoms with Gasteiger partial charge in [0.2, 0.25) is 0 Å². The molecule has 0 spiro atoms. The number of nitrogens with zero attached hydrogens (tertiary/aromatic N) is 2. The standard InChI is InChI=1S/C23H19ClN2O3/c1-23(17-8-10-18(24)11-9-17)21-5-3-2-4-20(21)22(27)25(23)15-14-16-6-12-19(13-7-16)26(28)29/h2-13H,14-15H2,1H3. The van der Waals surface area contributed by atoms with E-state index in [4.69, 9.17) is 11.6 Å². The fourth-order valence-electron chi connectivity index (χ4n) is 4.02. The van der Waals surface area contributed by atoms with E-state index < -0.39 is 10.5 Å². The van der Waals surface area contributed by atoms with Gasteiger partial charge in [-0.3, -0.25) is 14.9 Å². The van der Waals surface area contributed by atoms with Gasteiger partial charge in [0.25, 0.3) is 11.6 Å². The van der Waals surface area contributed by atoms with Crippen LogP contribution < -0.4 is 0 Å². The molecule has 1 aliphatic rings. The third-order valence-corrected chi connectivity index (χ3v) is 5.90. The Bertz CT molecular complexity index is 1080. The van der Waals surface area contributed by atoms with Crippen molar-refractivity contribution in [3.05, 3.63) is 110 Å². The van der Waals surface area contributed by atoms with Crippen molar-refractivity contribution in [2.24, 2.45) is 0 Å². The molecule has 0 radical (unpaired) electrons. The zero-order valence-electron chi connectivity index (χ0n) is 15.8. The largest absolute Gasteiger partial charge is 0.325 e. The lowest BCUT2D eigenvalue weighted by Gasteiger charge is -2.37. The molecule has 6 heteroatoms. The van der Waals surface area contributed by atoms with Crippen molar-refractivity contribution in [3.63, 3.8) is 0 Å². The molecule has 29 heavy (non-hydrogen) atoms. The van der Waals surface area contributed by atoms with Crippen LogP contribution >= 0.6 is 11.6 Å². The molecule has 0 bridgehead atoms. The Morgan fingerprint density at radius 2 is 1.66 bits per heavy atom. The Kier molecular flexibility index (Phi) is 4.84. The van der Waals surface area contributed by atoms with Crippen LogP contribution in [0.3, 0.4) is 0 Å². The summed E-state index contributed by atoms with van der Waals surface area (Å²) in [5.74, 6) is -0.0139. The number of amides is 1. The second-order valence-corrected chi connectivity index (χ2v) is 7.69. The average molecular weight is 407 g/mol. The Morgan fingerprint density at radius 3 is 2.31 bits per heavy atom. The number of nitro groups is 1. The highest BCUT2D eigenvalue weighted by atomic mass is 35.5. The van der Waals surface area contributed by atoms with Crippen LogP contribution in [0.25, 0.3) is 0 Å². The summed E-state index contributed by atoms with van der Waals surface area (Å²) >= 11 is 6.08. The van der Waals surface area contributed by atoms with Crippen molar-refractivity contribution in [2.45, 2.75) is 18.9 Å². The zero-order valence-corrected chi connectivity index (χ0v) is 16.6. The maximum absolute atomic E-state index is 13.2. The van der Waals surface area contributed by atoms with Gasteiger partial charge >= 0.3 is 0 Å². The minimum absolute atomic E-state index is 0.0139. The first kappa shape index (κ1) is 19.2. The van der Waals surface area contributed by atoms with Crippen LogP contribution in [0.1, 0.15) is 34.0 Å². The average Bonchev–Trinajstić information content (AvgIpc) is 2.95. The molecule has 0 aromatic heterocycles. The summed E-state index contributed by atoms with van der Waals surface area (Å²) in [6.45, 7) is 2.54. The van der Waals surface area contributed by atoms with Crippen LogP contribution in [0.2, 0.25) is 5.02 Å². The third-order valence-electron chi connectivity index (χ3n) is 5.64. The Labute approximate surface area is 173 Å². The molecule has 3 aromatic rings. The maximum Gasteiger partial charge on any atom is 0.269 e. The lowest BCUT2D eigenvalue weighted by atomic mass is 9.84. The molecule has 1 heterocycles. The van der Waals surface area contributed by atoms with Gasteiger partial charge in [0, 0.05) is 29.3 Å². The summed E-state index contributed by atoms with van der Waals surface area (Å²) in [7, 11) is 0. The van der Waals surface area contributed by atoms with Gasteiger partial charge in [0.05, 0.1) is 10.5 Å². The first-order valence-corrected chi connectivity index (χ1v) is 9.70. The number of hydrogen-bond donors (Lipinski definition) is 0. The number of non-ortho nitro benzene ring substituents is 1. The van der Waals surface area contributed by atoms with Gasteiger partial charge in [0.15, 0.2) is 0 Å². The van der Waals surface area contributed by atoms with Crippen LogP contribution in [0.4, 0.5) is 5.69 Å². The summed E-state index contributed by atoms with van der Waals surface area (Å²) in [4.78, 5) is 25.5. The van der Waals surface area contributed by atoms with Crippen molar-refractivity contribution in [3.8, 4) is 0 Å². The number of hydrogen-bond acceptors (Lipinski definition) is 3. The Hall–Kier alpha value is -3.18. The van der Waals surface area contributed by atoms with E-state index in [2.05, 4.69) is 6.92 Å². The molecule has 0 aliphatic carbocycles. The van der Waals surface area contributed by atoms with E-state index in [0.717, 1.165) is 16.7 Å². The van der Waals surface area contributed by atoms with Gasteiger partial charge in [-0.15, -0.1) is 0 Å². The molecule has 0 saturated carbocycles. The first-order chi connectivity index (χ1) is 13.9. The van der Waals surface area contributed by atoms with E-state index in [-0.39, 0.29) is 11.6 Å². The molecule has 0 saturated heterocycles. The van der Waals surface area contributed by atoms with Crippen LogP contribution in [-0.4, -0.2) is 22.3 Å². The molecule has 1 unspecified atom stereocenters. The molecular formula is C23H19ClN2O3. The third kappa shape index (κ3) is 3.28. The molecule has 3 aromatic carbocycles. The van der Waals surface area contributed by atoms with E-state index in [1.807, 2.05) is 53.4 Å².